The third kappa shape index (κ3) is 72.5. The molecule has 0 fully saturated rings. The minimum absolute atomic E-state index is 0.0794. The lowest BCUT2D eigenvalue weighted by molar-refractivity contribution is -0.161. The lowest BCUT2D eigenvalue weighted by Crippen LogP contribution is -2.30. The smallest absolute Gasteiger partial charge is 0.463 e. The zero-order valence-electron chi connectivity index (χ0n) is 60.2. The van der Waals surface area contributed by atoms with Gasteiger partial charge in [0, 0.05) is 19.3 Å². The number of ether oxygens (including phenoxy) is 3. The van der Waals surface area contributed by atoms with E-state index >= 15 is 0 Å². The van der Waals surface area contributed by atoms with E-state index < -0.39 is 91.5 Å². The molecule has 0 radical (unpaired) electrons. The maximum atomic E-state index is 12.9. The van der Waals surface area contributed by atoms with Crippen molar-refractivity contribution in [3.05, 3.63) is 146 Å². The fraction of sp³-hybridized carbons (Fsp3) is 0.658. The van der Waals surface area contributed by atoms with Gasteiger partial charge >= 0.3 is 33.6 Å². The first-order chi connectivity index (χ1) is 47.2. The molecule has 0 rings (SSSR count). The number of allylic oxidation sites excluding steroid dienone is 24. The predicted molar refractivity (Wildman–Crippen MR) is 399 cm³/mol. The van der Waals surface area contributed by atoms with Gasteiger partial charge in [0.2, 0.25) is 0 Å². The number of esters is 3. The predicted octanol–water partition coefficient (Wildman–Crippen LogP) is 21.3. The Morgan fingerprint density at radius 1 is 0.299 bits per heavy atom. The van der Waals surface area contributed by atoms with Gasteiger partial charge in [0.1, 0.15) is 25.4 Å². The number of phosphoric acid groups is 2. The molecule has 554 valence electrons. The van der Waals surface area contributed by atoms with Crippen LogP contribution in [0.4, 0.5) is 0 Å². The first kappa shape index (κ1) is 92.4. The number of hydrogen-bond donors (Lipinski definition) is 4. The van der Waals surface area contributed by atoms with Gasteiger partial charge in [0.15, 0.2) is 6.10 Å². The molecule has 0 saturated heterocycles. The number of carbonyl (C=O) groups excluding carboxylic acids is 3. The van der Waals surface area contributed by atoms with Crippen molar-refractivity contribution in [2.45, 2.75) is 296 Å². The van der Waals surface area contributed by atoms with Crippen molar-refractivity contribution in [3.63, 3.8) is 0 Å². The molecule has 0 bridgehead atoms. The van der Waals surface area contributed by atoms with Crippen LogP contribution in [0, 0.1) is 0 Å². The molecule has 18 heteroatoms. The van der Waals surface area contributed by atoms with E-state index in [1.807, 2.05) is 0 Å². The Balaban J connectivity index is 4.55. The van der Waals surface area contributed by atoms with Crippen molar-refractivity contribution in [2.75, 3.05) is 39.6 Å². The van der Waals surface area contributed by atoms with Gasteiger partial charge < -0.3 is 34.2 Å². The topological polar surface area (TPSA) is 231 Å². The third-order valence-electron chi connectivity index (χ3n) is 15.0. The van der Waals surface area contributed by atoms with E-state index in [0.717, 1.165) is 167 Å². The van der Waals surface area contributed by atoms with E-state index in [1.54, 1.807) is 0 Å². The monoisotopic (exact) mass is 1400 g/mol. The van der Waals surface area contributed by atoms with Crippen molar-refractivity contribution < 1.29 is 75.8 Å². The second kappa shape index (κ2) is 71.3. The highest BCUT2D eigenvalue weighted by atomic mass is 31.2. The average molecular weight is 1400 g/mol. The Hall–Kier alpha value is -4.57. The highest BCUT2D eigenvalue weighted by molar-refractivity contribution is 7.47. The Labute approximate surface area is 587 Å². The summed E-state index contributed by atoms with van der Waals surface area (Å²) >= 11 is 0. The molecule has 5 unspecified atom stereocenters. The van der Waals surface area contributed by atoms with Crippen LogP contribution in [0.1, 0.15) is 278 Å². The van der Waals surface area contributed by atoms with Gasteiger partial charge in [-0.3, -0.25) is 32.5 Å². The second-order valence-electron chi connectivity index (χ2n) is 24.3. The molecule has 0 aromatic heterocycles. The Morgan fingerprint density at radius 2 is 0.546 bits per heavy atom. The Bertz CT molecular complexity index is 2350. The van der Waals surface area contributed by atoms with Crippen molar-refractivity contribution in [1.29, 1.82) is 0 Å². The molecular weight excluding hydrogens is 1270 g/mol. The second-order valence-corrected chi connectivity index (χ2v) is 27.2. The van der Waals surface area contributed by atoms with E-state index in [1.165, 1.54) is 51.4 Å². The molecule has 97 heavy (non-hydrogen) atoms. The minimum Gasteiger partial charge on any atom is -0.463 e. The van der Waals surface area contributed by atoms with E-state index in [0.29, 0.717) is 19.3 Å². The molecule has 0 heterocycles. The maximum Gasteiger partial charge on any atom is 0.472 e. The van der Waals surface area contributed by atoms with Crippen LogP contribution < -0.4 is 0 Å². The van der Waals surface area contributed by atoms with Crippen LogP contribution >= 0.6 is 15.6 Å². The summed E-state index contributed by atoms with van der Waals surface area (Å²) in [6, 6.07) is 0. The molecule has 0 aromatic carbocycles. The number of hydrogen-bond acceptors (Lipinski definition) is 14. The highest BCUT2D eigenvalue weighted by Gasteiger charge is 2.29. The van der Waals surface area contributed by atoms with Crippen LogP contribution in [0.15, 0.2) is 146 Å². The van der Waals surface area contributed by atoms with E-state index in [9.17, 15) is 43.5 Å². The van der Waals surface area contributed by atoms with Gasteiger partial charge in [0.25, 0.3) is 0 Å². The van der Waals surface area contributed by atoms with Gasteiger partial charge in [-0.15, -0.1) is 0 Å². The fourth-order valence-corrected chi connectivity index (χ4v) is 11.0. The van der Waals surface area contributed by atoms with Crippen LogP contribution in [0.2, 0.25) is 0 Å². The Kier molecular flexibility index (Phi) is 67.9. The average Bonchev–Trinajstić information content (AvgIpc) is 1.48. The van der Waals surface area contributed by atoms with Crippen molar-refractivity contribution in [3.8, 4) is 0 Å². The van der Waals surface area contributed by atoms with Crippen molar-refractivity contribution in [1.82, 2.24) is 0 Å². The highest BCUT2D eigenvalue weighted by Crippen LogP contribution is 2.45. The number of carbonyl (C=O) groups is 3. The van der Waals surface area contributed by atoms with Crippen molar-refractivity contribution in [2.24, 2.45) is 0 Å². The minimum atomic E-state index is -4.94. The standard InChI is InChI=1S/C79H132O16P2/c1-4-7-10-13-16-19-22-25-28-30-31-32-33-34-35-36-37-38-39-40-41-43-46-47-50-53-56-59-62-65-77(82)89-68-74(80)69-91-96(85,86)92-70-75(81)71-93-97(87,88)94-73-76(95-79(84)67-64-61-58-55-52-49-44-27-24-21-18-15-12-9-6-3)72-90-78(83)66-63-60-57-54-51-48-45-42-29-26-23-20-17-14-11-8-5-2/h7-8,10-11,16-21,25-29,31-32,34-35,37-38,44-45,48,74-76,80-81H,4-6,9,12-15,22-24,30,33,36,39-43,46-47,49-73H2,1-3H3,(H,85,86)(H,87,88)/b10-7-,11-8-,19-16-,20-17-,21-18-,28-25-,29-26-,32-31-,35-34-,38-37-,44-27-,48-45-. The summed E-state index contributed by atoms with van der Waals surface area (Å²) in [5.74, 6) is -1.63. The van der Waals surface area contributed by atoms with Crippen LogP contribution in [-0.4, -0.2) is 95.9 Å². The lowest BCUT2D eigenvalue weighted by Gasteiger charge is -2.21. The molecule has 0 aliphatic rings. The number of aliphatic hydroxyl groups is 2. The SMILES string of the molecule is CC/C=C\C/C=C\C/C=C\C/C=C\C/C=C\C/C=C\CCCCCCCCCCCCC(=O)OCC(O)COP(=O)(O)OCC(O)COP(=O)(O)OCC(COC(=O)CCCCCC/C=C\C/C=C\C/C=C\C/C=C\CC)OC(=O)CCCCCCC/C=C\C/C=C\CCCCC. The van der Waals surface area contributed by atoms with Crippen LogP contribution in [-0.2, 0) is 55.8 Å². The number of rotatable bonds is 69. The zero-order chi connectivity index (χ0) is 70.9. The van der Waals surface area contributed by atoms with E-state index in [-0.39, 0.29) is 19.3 Å². The third-order valence-corrected chi connectivity index (χ3v) is 16.9. The summed E-state index contributed by atoms with van der Waals surface area (Å²) in [5, 5.41) is 20.6. The quantitative estimate of drug-likeness (QED) is 0.0146. The number of phosphoric ester groups is 2. The molecule has 0 amide bonds. The number of aliphatic hydroxyl groups excluding tert-OH is 2. The van der Waals surface area contributed by atoms with Gasteiger partial charge in [-0.1, -0.05) is 263 Å². The Morgan fingerprint density at radius 3 is 0.866 bits per heavy atom. The van der Waals surface area contributed by atoms with Gasteiger partial charge in [-0.05, 0) is 141 Å². The molecule has 0 spiro atoms. The summed E-state index contributed by atoms with van der Waals surface area (Å²) < 4.78 is 61.0. The summed E-state index contributed by atoms with van der Waals surface area (Å²) in [6.45, 7) is 2.36. The largest absolute Gasteiger partial charge is 0.472 e. The number of unbranched alkanes of at least 4 members (excludes halogenated alkanes) is 22. The molecule has 0 saturated carbocycles. The first-order valence-corrected chi connectivity index (χ1v) is 40.1. The molecule has 5 atom stereocenters. The molecule has 0 aliphatic heterocycles. The van der Waals surface area contributed by atoms with Gasteiger partial charge in [0.05, 0.1) is 26.4 Å². The molecular formula is C79H132O16P2. The maximum absolute atomic E-state index is 12.9. The summed E-state index contributed by atoms with van der Waals surface area (Å²) in [7, 11) is -9.80. The lowest BCUT2D eigenvalue weighted by atomic mass is 10.1. The summed E-state index contributed by atoms with van der Waals surface area (Å²) in [4.78, 5) is 58.5. The van der Waals surface area contributed by atoms with Gasteiger partial charge in [-0.25, -0.2) is 9.13 Å². The normalized spacial score (nSPS) is 14.9. The molecule has 16 nitrogen and oxygen atoms in total. The van der Waals surface area contributed by atoms with Crippen LogP contribution in [0.3, 0.4) is 0 Å². The van der Waals surface area contributed by atoms with E-state index in [2.05, 4.69) is 167 Å². The van der Waals surface area contributed by atoms with Crippen molar-refractivity contribution >= 4 is 33.6 Å². The van der Waals surface area contributed by atoms with Crippen LogP contribution in [0.25, 0.3) is 0 Å². The fourth-order valence-electron chi connectivity index (χ4n) is 9.42. The summed E-state index contributed by atoms with van der Waals surface area (Å²) in [6.07, 6.45) is 86.1. The first-order valence-electron chi connectivity index (χ1n) is 37.1. The summed E-state index contributed by atoms with van der Waals surface area (Å²) in [5.41, 5.74) is 0. The molecule has 0 aliphatic carbocycles. The zero-order valence-corrected chi connectivity index (χ0v) is 62.0. The van der Waals surface area contributed by atoms with E-state index in [4.69, 9.17) is 32.3 Å². The van der Waals surface area contributed by atoms with Gasteiger partial charge in [-0.2, -0.15) is 0 Å². The van der Waals surface area contributed by atoms with Crippen LogP contribution in [0.5, 0.6) is 0 Å². The molecule has 4 N–H and O–H groups in total. The molecule has 0 aromatic rings.